The minimum Gasteiger partial charge on any atom is -0.494 e. The van der Waals surface area contributed by atoms with Crippen molar-refractivity contribution in [3.63, 3.8) is 0 Å². The molecule has 2 rings (SSSR count). The standard InChI is InChI=1S/C14H19NO4S/c1-19-13-9-15-7-6-12(13)14(16)10-4-3-5-11(8-10)20(2,17)18/h6-7,9-11H,3-5,8H2,1-2H3. The maximum Gasteiger partial charge on any atom is 0.169 e. The van der Waals surface area contributed by atoms with E-state index in [1.807, 2.05) is 0 Å². The lowest BCUT2D eigenvalue weighted by molar-refractivity contribution is 0.0887. The van der Waals surface area contributed by atoms with Crippen LogP contribution in [0.25, 0.3) is 0 Å². The number of nitrogens with zero attached hydrogens (tertiary/aromatic N) is 1. The van der Waals surface area contributed by atoms with Gasteiger partial charge in [0.05, 0.1) is 24.1 Å². The van der Waals surface area contributed by atoms with Crippen molar-refractivity contribution in [3.8, 4) is 5.75 Å². The van der Waals surface area contributed by atoms with Gasteiger partial charge in [0.25, 0.3) is 0 Å². The summed E-state index contributed by atoms with van der Waals surface area (Å²) in [4.78, 5) is 16.5. The van der Waals surface area contributed by atoms with Crippen LogP contribution < -0.4 is 4.74 Å². The number of Topliss-reactive ketones (excluding diaryl/α,β-unsaturated/α-hetero) is 1. The van der Waals surface area contributed by atoms with Crippen LogP contribution >= 0.6 is 0 Å². The van der Waals surface area contributed by atoms with Crippen molar-refractivity contribution in [2.45, 2.75) is 30.9 Å². The van der Waals surface area contributed by atoms with Gasteiger partial charge in [-0.3, -0.25) is 9.78 Å². The number of carbonyl (C=O) groups is 1. The van der Waals surface area contributed by atoms with E-state index >= 15 is 0 Å². The Morgan fingerprint density at radius 3 is 2.80 bits per heavy atom. The van der Waals surface area contributed by atoms with Gasteiger partial charge in [0.15, 0.2) is 5.78 Å². The fourth-order valence-corrected chi connectivity index (χ4v) is 3.91. The predicted octanol–water partition coefficient (Wildman–Crippen LogP) is 1.88. The summed E-state index contributed by atoms with van der Waals surface area (Å²) in [7, 11) is -1.59. The number of pyridine rings is 1. The second-order valence-electron chi connectivity index (χ2n) is 5.26. The largest absolute Gasteiger partial charge is 0.494 e. The lowest BCUT2D eigenvalue weighted by atomic mass is 9.83. The SMILES string of the molecule is COc1cnccc1C(=O)C1CCCC(S(C)(=O)=O)C1. The first-order valence-electron chi connectivity index (χ1n) is 6.64. The molecular formula is C14H19NO4S. The molecule has 0 radical (unpaired) electrons. The molecule has 0 aromatic carbocycles. The summed E-state index contributed by atoms with van der Waals surface area (Å²) in [5, 5.41) is -0.405. The van der Waals surface area contributed by atoms with E-state index in [2.05, 4.69) is 4.98 Å². The average Bonchev–Trinajstić information content (AvgIpc) is 2.45. The maximum atomic E-state index is 12.5. The third kappa shape index (κ3) is 3.17. The summed E-state index contributed by atoms with van der Waals surface area (Å²) in [6, 6.07) is 1.63. The Balaban J connectivity index is 2.21. The molecule has 6 heteroatoms. The van der Waals surface area contributed by atoms with Crippen LogP contribution in [0.2, 0.25) is 0 Å². The number of methoxy groups -OCH3 is 1. The smallest absolute Gasteiger partial charge is 0.169 e. The summed E-state index contributed by atoms with van der Waals surface area (Å²) in [5.74, 6) is 0.149. The van der Waals surface area contributed by atoms with E-state index in [4.69, 9.17) is 4.74 Å². The molecule has 1 heterocycles. The second-order valence-corrected chi connectivity index (χ2v) is 7.58. The molecule has 5 nitrogen and oxygen atoms in total. The number of hydrogen-bond acceptors (Lipinski definition) is 5. The van der Waals surface area contributed by atoms with Crippen LogP contribution in [0.1, 0.15) is 36.0 Å². The molecule has 1 saturated carbocycles. The highest BCUT2D eigenvalue weighted by atomic mass is 32.2. The molecule has 0 spiro atoms. The molecular weight excluding hydrogens is 278 g/mol. The molecule has 1 aromatic rings. The molecule has 0 amide bonds. The molecule has 2 unspecified atom stereocenters. The zero-order valence-electron chi connectivity index (χ0n) is 11.7. The number of carbonyl (C=O) groups excluding carboxylic acids is 1. The molecule has 1 aliphatic rings. The van der Waals surface area contributed by atoms with E-state index in [0.29, 0.717) is 24.2 Å². The summed E-state index contributed by atoms with van der Waals surface area (Å²) in [6.45, 7) is 0. The Morgan fingerprint density at radius 1 is 1.40 bits per heavy atom. The van der Waals surface area contributed by atoms with Gasteiger partial charge in [0, 0.05) is 18.4 Å². The van der Waals surface area contributed by atoms with Gasteiger partial charge in [-0.05, 0) is 25.3 Å². The molecule has 1 aromatic heterocycles. The van der Waals surface area contributed by atoms with Gasteiger partial charge >= 0.3 is 0 Å². The zero-order valence-corrected chi connectivity index (χ0v) is 12.5. The molecule has 1 aliphatic carbocycles. The van der Waals surface area contributed by atoms with Gasteiger partial charge in [-0.15, -0.1) is 0 Å². The van der Waals surface area contributed by atoms with Crippen molar-refractivity contribution in [2.24, 2.45) is 5.92 Å². The van der Waals surface area contributed by atoms with Gasteiger partial charge in [0.1, 0.15) is 15.6 Å². The molecule has 1 fully saturated rings. The molecule has 0 N–H and O–H groups in total. The van der Waals surface area contributed by atoms with Gasteiger partial charge in [-0.2, -0.15) is 0 Å². The Morgan fingerprint density at radius 2 is 2.15 bits per heavy atom. The van der Waals surface area contributed by atoms with E-state index in [0.717, 1.165) is 12.8 Å². The quantitative estimate of drug-likeness (QED) is 0.793. The second kappa shape index (κ2) is 5.91. The van der Waals surface area contributed by atoms with E-state index in [1.54, 1.807) is 12.3 Å². The van der Waals surface area contributed by atoms with E-state index < -0.39 is 15.1 Å². The minimum atomic E-state index is -3.09. The van der Waals surface area contributed by atoms with E-state index in [9.17, 15) is 13.2 Å². The van der Waals surface area contributed by atoms with Gasteiger partial charge < -0.3 is 4.74 Å². The van der Waals surface area contributed by atoms with Gasteiger partial charge in [0.2, 0.25) is 0 Å². The van der Waals surface area contributed by atoms with Crippen LogP contribution in [0.3, 0.4) is 0 Å². The highest BCUT2D eigenvalue weighted by molar-refractivity contribution is 7.91. The first-order chi connectivity index (χ1) is 9.43. The monoisotopic (exact) mass is 297 g/mol. The normalized spacial score (nSPS) is 23.3. The fraction of sp³-hybridized carbons (Fsp3) is 0.571. The Labute approximate surface area is 119 Å². The van der Waals surface area contributed by atoms with Crippen molar-refractivity contribution >= 4 is 15.6 Å². The molecule has 20 heavy (non-hydrogen) atoms. The van der Waals surface area contributed by atoms with Gasteiger partial charge in [-0.25, -0.2) is 8.42 Å². The lowest BCUT2D eigenvalue weighted by Crippen LogP contribution is -2.31. The van der Waals surface area contributed by atoms with Crippen molar-refractivity contribution in [2.75, 3.05) is 13.4 Å². The topological polar surface area (TPSA) is 73.3 Å². The van der Waals surface area contributed by atoms with Crippen LogP contribution in [0.5, 0.6) is 5.75 Å². The average molecular weight is 297 g/mol. The van der Waals surface area contributed by atoms with Crippen LogP contribution in [-0.2, 0) is 9.84 Å². The molecule has 2 atom stereocenters. The summed E-state index contributed by atoms with van der Waals surface area (Å²) < 4.78 is 28.5. The number of rotatable bonds is 4. The van der Waals surface area contributed by atoms with Crippen LogP contribution in [0, 0.1) is 5.92 Å². The molecule has 110 valence electrons. The third-order valence-corrected chi connectivity index (χ3v) is 5.51. The Hall–Kier alpha value is -1.43. The zero-order chi connectivity index (χ0) is 14.8. The number of ether oxygens (including phenoxy) is 1. The minimum absolute atomic E-state index is 0.0439. The molecule has 0 aliphatic heterocycles. The lowest BCUT2D eigenvalue weighted by Gasteiger charge is -2.27. The van der Waals surface area contributed by atoms with Crippen molar-refractivity contribution in [3.05, 3.63) is 24.0 Å². The maximum absolute atomic E-state index is 12.5. The van der Waals surface area contributed by atoms with Crippen molar-refractivity contribution in [1.29, 1.82) is 0 Å². The highest BCUT2D eigenvalue weighted by Gasteiger charge is 2.33. The first-order valence-corrected chi connectivity index (χ1v) is 8.60. The Bertz CT molecular complexity index is 597. The summed E-state index contributed by atoms with van der Waals surface area (Å²) in [6.07, 6.45) is 6.85. The third-order valence-electron chi connectivity index (χ3n) is 3.87. The summed E-state index contributed by atoms with van der Waals surface area (Å²) >= 11 is 0. The Kier molecular flexibility index (Phi) is 4.42. The van der Waals surface area contributed by atoms with Crippen LogP contribution in [0.4, 0.5) is 0 Å². The van der Waals surface area contributed by atoms with Crippen molar-refractivity contribution in [1.82, 2.24) is 4.98 Å². The highest BCUT2D eigenvalue weighted by Crippen LogP contribution is 2.32. The number of ketones is 1. The summed E-state index contributed by atoms with van der Waals surface area (Å²) in [5.41, 5.74) is 0.488. The number of hydrogen-bond donors (Lipinski definition) is 0. The van der Waals surface area contributed by atoms with Crippen molar-refractivity contribution < 1.29 is 17.9 Å². The number of sulfone groups is 1. The van der Waals surface area contributed by atoms with Crippen LogP contribution in [0.15, 0.2) is 18.5 Å². The van der Waals surface area contributed by atoms with Crippen LogP contribution in [-0.4, -0.2) is 37.8 Å². The van der Waals surface area contributed by atoms with E-state index in [-0.39, 0.29) is 11.7 Å². The van der Waals surface area contributed by atoms with E-state index in [1.165, 1.54) is 19.6 Å². The molecule has 0 saturated heterocycles. The fourth-order valence-electron chi connectivity index (χ4n) is 2.74. The first kappa shape index (κ1) is 15.0. The molecule has 0 bridgehead atoms. The predicted molar refractivity (Wildman–Crippen MR) is 75.7 cm³/mol. The van der Waals surface area contributed by atoms with Gasteiger partial charge in [-0.1, -0.05) is 6.42 Å². The number of aromatic nitrogens is 1.